The Hall–Kier alpha value is -1.71. The lowest BCUT2D eigenvalue weighted by atomic mass is 10.4. The van der Waals surface area contributed by atoms with Crippen LogP contribution in [-0.4, -0.2) is 84.8 Å². The molecule has 0 spiro atoms. The monoisotopic (exact) mass is 395 g/mol. The standard InChI is InChI=1S/C19H37N7O2/c1-4-5-12-27-13-6-7-20-19(21-8-9-26-10-14-28-15-11-26)22-16-18-24-23-17(2)25(18)3/h4-16H2,1-3H3,(H2,20,21,22). The number of aliphatic imine (C=N–C) groups is 1. The van der Waals surface area contributed by atoms with E-state index in [4.69, 9.17) is 9.47 Å². The summed E-state index contributed by atoms with van der Waals surface area (Å²) in [5.74, 6) is 2.56. The highest BCUT2D eigenvalue weighted by Gasteiger charge is 2.10. The van der Waals surface area contributed by atoms with Crippen LogP contribution >= 0.6 is 0 Å². The number of nitrogens with zero attached hydrogens (tertiary/aromatic N) is 5. The molecule has 1 fully saturated rings. The Bertz CT molecular complexity index is 571. The van der Waals surface area contributed by atoms with Gasteiger partial charge in [-0.1, -0.05) is 13.3 Å². The fourth-order valence-electron chi connectivity index (χ4n) is 2.80. The van der Waals surface area contributed by atoms with Crippen molar-refractivity contribution in [3.8, 4) is 0 Å². The van der Waals surface area contributed by atoms with Crippen LogP contribution in [0.25, 0.3) is 0 Å². The van der Waals surface area contributed by atoms with Gasteiger partial charge in [0.25, 0.3) is 0 Å². The van der Waals surface area contributed by atoms with E-state index in [1.807, 2.05) is 18.5 Å². The van der Waals surface area contributed by atoms with E-state index in [-0.39, 0.29) is 0 Å². The average Bonchev–Trinajstić information content (AvgIpc) is 3.03. The first-order valence-electron chi connectivity index (χ1n) is 10.5. The molecule has 0 amide bonds. The predicted molar refractivity (Wildman–Crippen MR) is 110 cm³/mol. The minimum Gasteiger partial charge on any atom is -0.381 e. The number of nitrogens with one attached hydrogen (secondary N) is 2. The molecular weight excluding hydrogens is 358 g/mol. The third-order valence-corrected chi connectivity index (χ3v) is 4.79. The summed E-state index contributed by atoms with van der Waals surface area (Å²) >= 11 is 0. The van der Waals surface area contributed by atoms with Crippen molar-refractivity contribution in [2.24, 2.45) is 12.0 Å². The topological polar surface area (TPSA) is 88.8 Å². The Labute approximate surface area is 168 Å². The maximum Gasteiger partial charge on any atom is 0.191 e. The molecule has 0 atom stereocenters. The Morgan fingerprint density at radius 1 is 1.14 bits per heavy atom. The average molecular weight is 396 g/mol. The minimum absolute atomic E-state index is 0.497. The van der Waals surface area contributed by atoms with E-state index in [1.54, 1.807) is 0 Å². The van der Waals surface area contributed by atoms with Gasteiger partial charge in [0.1, 0.15) is 12.4 Å². The summed E-state index contributed by atoms with van der Waals surface area (Å²) in [5.41, 5.74) is 0. The van der Waals surface area contributed by atoms with Crippen LogP contribution in [0.3, 0.4) is 0 Å². The summed E-state index contributed by atoms with van der Waals surface area (Å²) in [4.78, 5) is 7.09. The fraction of sp³-hybridized carbons (Fsp3) is 0.842. The molecular formula is C19H37N7O2. The highest BCUT2D eigenvalue weighted by Crippen LogP contribution is 1.99. The molecule has 2 N–H and O–H groups in total. The van der Waals surface area contributed by atoms with Gasteiger partial charge in [0.05, 0.1) is 13.2 Å². The van der Waals surface area contributed by atoms with Gasteiger partial charge in [-0.25, -0.2) is 4.99 Å². The van der Waals surface area contributed by atoms with Gasteiger partial charge in [-0.2, -0.15) is 0 Å². The second-order valence-electron chi connectivity index (χ2n) is 7.01. The first-order chi connectivity index (χ1) is 13.7. The van der Waals surface area contributed by atoms with Crippen LogP contribution in [-0.2, 0) is 23.1 Å². The lowest BCUT2D eigenvalue weighted by Gasteiger charge is -2.26. The van der Waals surface area contributed by atoms with E-state index in [0.717, 1.165) is 89.6 Å². The number of ether oxygens (including phenoxy) is 2. The minimum atomic E-state index is 0.497. The lowest BCUT2D eigenvalue weighted by molar-refractivity contribution is 0.0389. The molecule has 0 saturated carbocycles. The van der Waals surface area contributed by atoms with Crippen LogP contribution in [0.1, 0.15) is 37.8 Å². The smallest absolute Gasteiger partial charge is 0.191 e. The van der Waals surface area contributed by atoms with E-state index in [9.17, 15) is 0 Å². The van der Waals surface area contributed by atoms with Crippen molar-refractivity contribution >= 4 is 5.96 Å². The Morgan fingerprint density at radius 2 is 1.89 bits per heavy atom. The lowest BCUT2D eigenvalue weighted by Crippen LogP contribution is -2.44. The SMILES string of the molecule is CCCCOCCCNC(=NCc1nnc(C)n1C)NCCN1CCOCC1. The molecule has 2 heterocycles. The highest BCUT2D eigenvalue weighted by molar-refractivity contribution is 5.79. The van der Waals surface area contributed by atoms with Crippen molar-refractivity contribution in [1.82, 2.24) is 30.3 Å². The van der Waals surface area contributed by atoms with Gasteiger partial charge in [0, 0.05) is 53.0 Å². The van der Waals surface area contributed by atoms with Gasteiger partial charge in [-0.15, -0.1) is 10.2 Å². The number of rotatable bonds is 12. The quantitative estimate of drug-likeness (QED) is 0.306. The molecule has 1 aromatic heterocycles. The number of aryl methyl sites for hydroxylation is 1. The fourth-order valence-corrected chi connectivity index (χ4v) is 2.80. The van der Waals surface area contributed by atoms with Crippen molar-refractivity contribution in [2.75, 3.05) is 59.2 Å². The summed E-state index contributed by atoms with van der Waals surface area (Å²) in [6.07, 6.45) is 3.25. The molecule has 28 heavy (non-hydrogen) atoms. The van der Waals surface area contributed by atoms with Crippen LogP contribution in [0, 0.1) is 6.92 Å². The van der Waals surface area contributed by atoms with Gasteiger partial charge in [0.2, 0.25) is 0 Å². The number of hydrogen-bond acceptors (Lipinski definition) is 6. The zero-order chi connectivity index (χ0) is 20.0. The molecule has 1 saturated heterocycles. The third-order valence-electron chi connectivity index (χ3n) is 4.79. The van der Waals surface area contributed by atoms with E-state index >= 15 is 0 Å². The van der Waals surface area contributed by atoms with Gasteiger partial charge >= 0.3 is 0 Å². The number of guanidine groups is 1. The van der Waals surface area contributed by atoms with Crippen LogP contribution in [0.5, 0.6) is 0 Å². The summed E-state index contributed by atoms with van der Waals surface area (Å²) < 4.78 is 13.0. The number of unbranched alkanes of at least 4 members (excludes halogenated alkanes) is 1. The van der Waals surface area contributed by atoms with E-state index in [2.05, 4.69) is 37.6 Å². The van der Waals surface area contributed by atoms with Gasteiger partial charge < -0.3 is 24.7 Å². The molecule has 0 aromatic carbocycles. The molecule has 0 bridgehead atoms. The maximum atomic E-state index is 5.62. The Balaban J connectivity index is 1.76. The van der Waals surface area contributed by atoms with Gasteiger partial charge in [-0.05, 0) is 19.8 Å². The number of aromatic nitrogens is 3. The van der Waals surface area contributed by atoms with E-state index in [0.29, 0.717) is 6.54 Å². The van der Waals surface area contributed by atoms with Gasteiger partial charge in [0.15, 0.2) is 11.8 Å². The Kier molecular flexibility index (Phi) is 10.9. The van der Waals surface area contributed by atoms with Crippen molar-refractivity contribution in [2.45, 2.75) is 39.7 Å². The van der Waals surface area contributed by atoms with Crippen molar-refractivity contribution in [3.05, 3.63) is 11.6 Å². The van der Waals surface area contributed by atoms with E-state index < -0.39 is 0 Å². The highest BCUT2D eigenvalue weighted by atomic mass is 16.5. The largest absolute Gasteiger partial charge is 0.381 e. The molecule has 1 aliphatic heterocycles. The number of hydrogen-bond donors (Lipinski definition) is 2. The van der Waals surface area contributed by atoms with Crippen LogP contribution in [0.2, 0.25) is 0 Å². The molecule has 0 unspecified atom stereocenters. The van der Waals surface area contributed by atoms with E-state index in [1.165, 1.54) is 6.42 Å². The summed E-state index contributed by atoms with van der Waals surface area (Å²) in [7, 11) is 1.97. The van der Waals surface area contributed by atoms with Crippen LogP contribution in [0.4, 0.5) is 0 Å². The summed E-state index contributed by atoms with van der Waals surface area (Å²) in [5, 5.41) is 15.1. The first-order valence-corrected chi connectivity index (χ1v) is 10.5. The normalized spacial score (nSPS) is 15.8. The second-order valence-corrected chi connectivity index (χ2v) is 7.01. The molecule has 9 nitrogen and oxygen atoms in total. The first kappa shape index (κ1) is 22.6. The van der Waals surface area contributed by atoms with Crippen LogP contribution < -0.4 is 10.6 Å². The van der Waals surface area contributed by atoms with Crippen molar-refractivity contribution in [1.29, 1.82) is 0 Å². The zero-order valence-corrected chi connectivity index (χ0v) is 17.7. The second kappa shape index (κ2) is 13.5. The van der Waals surface area contributed by atoms with Crippen molar-refractivity contribution < 1.29 is 9.47 Å². The molecule has 0 aliphatic carbocycles. The summed E-state index contributed by atoms with van der Waals surface area (Å²) in [6, 6.07) is 0. The summed E-state index contributed by atoms with van der Waals surface area (Å²) in [6.45, 7) is 12.5. The molecule has 9 heteroatoms. The predicted octanol–water partition coefficient (Wildman–Crippen LogP) is 0.698. The zero-order valence-electron chi connectivity index (χ0n) is 17.7. The molecule has 1 aromatic rings. The maximum absolute atomic E-state index is 5.62. The van der Waals surface area contributed by atoms with Crippen molar-refractivity contribution in [3.63, 3.8) is 0 Å². The third kappa shape index (κ3) is 8.53. The molecule has 0 radical (unpaired) electrons. The molecule has 2 rings (SSSR count). The number of morpholine rings is 1. The molecule has 160 valence electrons. The van der Waals surface area contributed by atoms with Crippen LogP contribution in [0.15, 0.2) is 4.99 Å². The Morgan fingerprint density at radius 3 is 2.61 bits per heavy atom. The van der Waals surface area contributed by atoms with Gasteiger partial charge in [-0.3, -0.25) is 4.90 Å². The molecule has 1 aliphatic rings.